The summed E-state index contributed by atoms with van der Waals surface area (Å²) in [5.74, 6) is -0.147. The summed E-state index contributed by atoms with van der Waals surface area (Å²) < 4.78 is 36.1. The van der Waals surface area contributed by atoms with E-state index in [-0.39, 0.29) is 12.2 Å². The van der Waals surface area contributed by atoms with E-state index in [1.807, 2.05) is 11.6 Å². The molecule has 7 heteroatoms. The van der Waals surface area contributed by atoms with Gasteiger partial charge in [0, 0.05) is 12.7 Å². The summed E-state index contributed by atoms with van der Waals surface area (Å²) in [5, 5.41) is -0.814. The fourth-order valence-corrected chi connectivity index (χ4v) is 2.45. The van der Waals surface area contributed by atoms with Crippen molar-refractivity contribution in [3.05, 3.63) is 29.8 Å². The van der Waals surface area contributed by atoms with Crippen LogP contribution in [-0.4, -0.2) is 39.9 Å². The Kier molecular flexibility index (Phi) is 6.64. The number of hydrogen-bond acceptors (Lipinski definition) is 5. The molecule has 1 rings (SSSR count). The zero-order chi connectivity index (χ0) is 15.9. The Balaban J connectivity index is 2.80. The Hall–Kier alpha value is -1.60. The summed E-state index contributed by atoms with van der Waals surface area (Å²) in [4.78, 5) is 12.0. The number of sulfonamides is 1. The van der Waals surface area contributed by atoms with Crippen LogP contribution < -0.4 is 9.46 Å². The maximum atomic E-state index is 12.0. The number of nitrogens with one attached hydrogen (secondary N) is 1. The molecule has 0 saturated carbocycles. The normalized spacial score (nSPS) is 12.7. The molecular formula is C14H21NO5S. The number of ether oxygens (including phenoxy) is 2. The summed E-state index contributed by atoms with van der Waals surface area (Å²) in [7, 11) is -2.36. The van der Waals surface area contributed by atoms with Crippen LogP contribution in [0.15, 0.2) is 24.3 Å². The topological polar surface area (TPSA) is 81.7 Å². The van der Waals surface area contributed by atoms with E-state index in [1.165, 1.54) is 26.2 Å². The van der Waals surface area contributed by atoms with E-state index >= 15 is 0 Å². The van der Waals surface area contributed by atoms with Crippen molar-refractivity contribution in [1.82, 2.24) is 4.72 Å². The van der Waals surface area contributed by atoms with Crippen LogP contribution in [0.5, 0.6) is 5.75 Å². The van der Waals surface area contributed by atoms with Crippen molar-refractivity contribution in [2.45, 2.75) is 25.5 Å². The molecule has 0 saturated heterocycles. The van der Waals surface area contributed by atoms with Gasteiger partial charge in [-0.2, -0.15) is 0 Å². The predicted octanol–water partition coefficient (Wildman–Crippen LogP) is 1.57. The lowest BCUT2D eigenvalue weighted by atomic mass is 10.2. The van der Waals surface area contributed by atoms with Crippen molar-refractivity contribution in [2.75, 3.05) is 20.3 Å². The Morgan fingerprint density at radius 2 is 2.10 bits per heavy atom. The number of hydrogen-bond donors (Lipinski definition) is 1. The van der Waals surface area contributed by atoms with Gasteiger partial charge in [-0.05, 0) is 31.5 Å². The lowest BCUT2D eigenvalue weighted by molar-refractivity contribution is 0.0980. The first-order valence-electron chi connectivity index (χ1n) is 6.68. The van der Waals surface area contributed by atoms with Gasteiger partial charge < -0.3 is 9.47 Å². The average molecular weight is 315 g/mol. The monoisotopic (exact) mass is 315 g/mol. The van der Waals surface area contributed by atoms with Gasteiger partial charge in [-0.1, -0.05) is 13.0 Å². The van der Waals surface area contributed by atoms with E-state index in [9.17, 15) is 13.2 Å². The van der Waals surface area contributed by atoms with Gasteiger partial charge in [-0.15, -0.1) is 0 Å². The summed E-state index contributed by atoms with van der Waals surface area (Å²) in [6.07, 6.45) is 0.847. The quantitative estimate of drug-likeness (QED) is 0.787. The molecule has 1 aromatic carbocycles. The average Bonchev–Trinajstić information content (AvgIpc) is 2.45. The molecule has 0 heterocycles. The molecule has 1 aromatic rings. The third-order valence-corrected chi connectivity index (χ3v) is 4.40. The van der Waals surface area contributed by atoms with E-state index < -0.39 is 21.2 Å². The maximum Gasteiger partial charge on any atom is 0.264 e. The lowest BCUT2D eigenvalue weighted by Gasteiger charge is -2.13. The molecule has 0 aliphatic heterocycles. The van der Waals surface area contributed by atoms with Gasteiger partial charge >= 0.3 is 0 Å². The summed E-state index contributed by atoms with van der Waals surface area (Å²) >= 11 is 0. The largest absolute Gasteiger partial charge is 0.494 e. The highest BCUT2D eigenvalue weighted by Gasteiger charge is 2.23. The van der Waals surface area contributed by atoms with Crippen molar-refractivity contribution in [1.29, 1.82) is 0 Å². The van der Waals surface area contributed by atoms with Gasteiger partial charge in [0.1, 0.15) is 11.0 Å². The number of rotatable bonds is 8. The minimum absolute atomic E-state index is 0.0161. The molecule has 0 aliphatic carbocycles. The Bertz CT molecular complexity index is 570. The standard InChI is InChI=1S/C14H21NO5S/c1-4-8-20-13-7-5-6-12(9-13)14(16)15-21(17,18)11(2)10-19-3/h5-7,9,11H,4,8,10H2,1-3H3,(H,15,16). The Morgan fingerprint density at radius 1 is 1.38 bits per heavy atom. The van der Waals surface area contributed by atoms with Crippen LogP contribution in [0, 0.1) is 0 Å². The molecule has 1 N–H and O–H groups in total. The highest BCUT2D eigenvalue weighted by atomic mass is 32.2. The first-order chi connectivity index (χ1) is 9.90. The molecule has 1 atom stereocenters. The van der Waals surface area contributed by atoms with Crippen LogP contribution in [0.25, 0.3) is 0 Å². The van der Waals surface area contributed by atoms with Crippen molar-refractivity contribution < 1.29 is 22.7 Å². The molecule has 0 aromatic heterocycles. The molecule has 1 unspecified atom stereocenters. The van der Waals surface area contributed by atoms with Crippen LogP contribution in [0.3, 0.4) is 0 Å². The SMILES string of the molecule is CCCOc1cccc(C(=O)NS(=O)(=O)C(C)COC)c1. The summed E-state index contributed by atoms with van der Waals surface area (Å²) in [6, 6.07) is 6.41. The zero-order valence-electron chi connectivity index (χ0n) is 12.5. The summed E-state index contributed by atoms with van der Waals surface area (Å²) in [6.45, 7) is 4.00. The Labute approximate surface area is 125 Å². The van der Waals surface area contributed by atoms with Crippen LogP contribution in [0.2, 0.25) is 0 Å². The van der Waals surface area contributed by atoms with Crippen LogP contribution in [0.1, 0.15) is 30.6 Å². The second-order valence-corrected chi connectivity index (χ2v) is 6.72. The highest BCUT2D eigenvalue weighted by Crippen LogP contribution is 2.14. The number of carbonyl (C=O) groups excluding carboxylic acids is 1. The number of methoxy groups -OCH3 is 1. The smallest absolute Gasteiger partial charge is 0.264 e. The van der Waals surface area contributed by atoms with E-state index in [1.54, 1.807) is 12.1 Å². The molecule has 6 nitrogen and oxygen atoms in total. The second kappa shape index (κ2) is 7.99. The molecule has 1 amide bonds. The van der Waals surface area contributed by atoms with Crippen molar-refractivity contribution >= 4 is 15.9 Å². The number of carbonyl (C=O) groups is 1. The van der Waals surface area contributed by atoms with Gasteiger partial charge in [0.2, 0.25) is 10.0 Å². The molecule has 118 valence electrons. The molecule has 0 radical (unpaired) electrons. The molecule has 0 spiro atoms. The van der Waals surface area contributed by atoms with Gasteiger partial charge in [-0.25, -0.2) is 13.1 Å². The van der Waals surface area contributed by atoms with Crippen molar-refractivity contribution in [2.24, 2.45) is 0 Å². The number of amides is 1. The third-order valence-electron chi connectivity index (χ3n) is 2.74. The van der Waals surface area contributed by atoms with Gasteiger partial charge in [-0.3, -0.25) is 4.79 Å². The third kappa shape index (κ3) is 5.35. The van der Waals surface area contributed by atoms with Crippen LogP contribution >= 0.6 is 0 Å². The van der Waals surface area contributed by atoms with Crippen molar-refractivity contribution in [3.63, 3.8) is 0 Å². The van der Waals surface area contributed by atoms with Crippen LogP contribution in [0.4, 0.5) is 0 Å². The molecule has 21 heavy (non-hydrogen) atoms. The summed E-state index contributed by atoms with van der Waals surface area (Å²) in [5.41, 5.74) is 0.233. The second-order valence-electron chi connectivity index (χ2n) is 4.62. The fraction of sp³-hybridized carbons (Fsp3) is 0.500. The van der Waals surface area contributed by atoms with E-state index in [0.29, 0.717) is 12.4 Å². The predicted molar refractivity (Wildman–Crippen MR) is 80.0 cm³/mol. The molecule has 0 fully saturated rings. The lowest BCUT2D eigenvalue weighted by Crippen LogP contribution is -2.38. The first kappa shape index (κ1) is 17.5. The zero-order valence-corrected chi connectivity index (χ0v) is 13.3. The van der Waals surface area contributed by atoms with Crippen molar-refractivity contribution in [3.8, 4) is 5.75 Å². The minimum Gasteiger partial charge on any atom is -0.494 e. The first-order valence-corrected chi connectivity index (χ1v) is 8.23. The van der Waals surface area contributed by atoms with Crippen LogP contribution in [-0.2, 0) is 14.8 Å². The molecular weight excluding hydrogens is 294 g/mol. The van der Waals surface area contributed by atoms with E-state index in [4.69, 9.17) is 9.47 Å². The Morgan fingerprint density at radius 3 is 2.71 bits per heavy atom. The van der Waals surface area contributed by atoms with E-state index in [0.717, 1.165) is 6.42 Å². The minimum atomic E-state index is -3.76. The molecule has 0 bridgehead atoms. The van der Waals surface area contributed by atoms with Gasteiger partial charge in [0.15, 0.2) is 0 Å². The fourth-order valence-electron chi connectivity index (χ4n) is 1.56. The maximum absolute atomic E-state index is 12.0. The van der Waals surface area contributed by atoms with Gasteiger partial charge in [0.05, 0.1) is 13.2 Å². The molecule has 0 aliphatic rings. The number of benzene rings is 1. The van der Waals surface area contributed by atoms with Gasteiger partial charge in [0.25, 0.3) is 5.91 Å². The highest BCUT2D eigenvalue weighted by molar-refractivity contribution is 7.90. The van der Waals surface area contributed by atoms with E-state index in [2.05, 4.69) is 0 Å².